The summed E-state index contributed by atoms with van der Waals surface area (Å²) in [6.45, 7) is 4.95. The number of benzene rings is 1. The Balaban J connectivity index is 1.82. The fourth-order valence-electron chi connectivity index (χ4n) is 1.67. The fraction of sp³-hybridized carbons (Fsp3) is 0.500. The largest absolute Gasteiger partial charge is 0.372 e. The number of nitrogens with one attached hydrogen (secondary N) is 1. The Kier molecular flexibility index (Phi) is 3.17. The van der Waals surface area contributed by atoms with Gasteiger partial charge in [0.05, 0.1) is 12.7 Å². The predicted octanol–water partition coefficient (Wildman–Crippen LogP) is 1.87. The van der Waals surface area contributed by atoms with Crippen molar-refractivity contribution in [2.24, 2.45) is 0 Å². The van der Waals surface area contributed by atoms with Gasteiger partial charge in [0, 0.05) is 6.54 Å². The molecule has 2 heteroatoms. The van der Waals surface area contributed by atoms with Crippen LogP contribution in [0.1, 0.15) is 17.5 Å². The number of aryl methyl sites for hydroxylation is 1. The molecule has 1 saturated heterocycles. The van der Waals surface area contributed by atoms with Gasteiger partial charge in [-0.25, -0.2) is 0 Å². The lowest BCUT2D eigenvalue weighted by atomic mass is 10.2. The van der Waals surface area contributed by atoms with Crippen molar-refractivity contribution in [3.8, 4) is 0 Å². The van der Waals surface area contributed by atoms with Crippen LogP contribution in [-0.2, 0) is 11.3 Å². The first-order valence-corrected chi connectivity index (χ1v) is 5.22. The lowest BCUT2D eigenvalue weighted by Crippen LogP contribution is -2.16. The summed E-state index contributed by atoms with van der Waals surface area (Å²) in [4.78, 5) is 0. The first-order valence-electron chi connectivity index (χ1n) is 5.22. The van der Waals surface area contributed by atoms with Crippen LogP contribution in [0.2, 0.25) is 0 Å². The molecule has 0 aliphatic carbocycles. The van der Waals surface area contributed by atoms with Crippen molar-refractivity contribution in [3.05, 3.63) is 35.4 Å². The van der Waals surface area contributed by atoms with E-state index in [1.807, 2.05) is 0 Å². The molecule has 2 nitrogen and oxygen atoms in total. The van der Waals surface area contributed by atoms with E-state index in [1.165, 1.54) is 11.1 Å². The van der Waals surface area contributed by atoms with Gasteiger partial charge < -0.3 is 10.1 Å². The lowest BCUT2D eigenvalue weighted by Gasteiger charge is -2.10. The number of hydrogen-bond donors (Lipinski definition) is 1. The third kappa shape index (κ3) is 2.56. The SMILES string of the molecule is Cc1ccc(COC2CCNC2)cc1. The number of rotatable bonds is 3. The molecule has 76 valence electrons. The van der Waals surface area contributed by atoms with Gasteiger partial charge >= 0.3 is 0 Å². The fourth-order valence-corrected chi connectivity index (χ4v) is 1.67. The third-order valence-corrected chi connectivity index (χ3v) is 2.62. The van der Waals surface area contributed by atoms with Gasteiger partial charge in [-0.2, -0.15) is 0 Å². The van der Waals surface area contributed by atoms with Crippen molar-refractivity contribution < 1.29 is 4.74 Å². The summed E-state index contributed by atoms with van der Waals surface area (Å²) in [5, 5.41) is 3.29. The van der Waals surface area contributed by atoms with Crippen molar-refractivity contribution in [2.45, 2.75) is 26.1 Å². The van der Waals surface area contributed by atoms with Gasteiger partial charge in [0.15, 0.2) is 0 Å². The highest BCUT2D eigenvalue weighted by atomic mass is 16.5. The molecule has 1 atom stereocenters. The molecule has 0 aromatic heterocycles. The number of hydrogen-bond acceptors (Lipinski definition) is 2. The van der Waals surface area contributed by atoms with Crippen LogP contribution in [0, 0.1) is 6.92 Å². The Morgan fingerprint density at radius 2 is 2.14 bits per heavy atom. The van der Waals surface area contributed by atoms with Crippen molar-refractivity contribution in [3.63, 3.8) is 0 Å². The Labute approximate surface area is 85.3 Å². The molecule has 0 saturated carbocycles. The maximum absolute atomic E-state index is 5.77. The molecule has 1 unspecified atom stereocenters. The smallest absolute Gasteiger partial charge is 0.0721 e. The van der Waals surface area contributed by atoms with Crippen LogP contribution in [0.15, 0.2) is 24.3 Å². The van der Waals surface area contributed by atoms with Crippen molar-refractivity contribution in [1.29, 1.82) is 0 Å². The molecule has 1 heterocycles. The second-order valence-electron chi connectivity index (χ2n) is 3.91. The maximum atomic E-state index is 5.77. The molecule has 1 aromatic carbocycles. The predicted molar refractivity (Wildman–Crippen MR) is 57.2 cm³/mol. The standard InChI is InChI=1S/C12H17NO/c1-10-2-4-11(5-3-10)9-14-12-6-7-13-8-12/h2-5,12-13H,6-9H2,1H3. The van der Waals surface area contributed by atoms with E-state index >= 15 is 0 Å². The third-order valence-electron chi connectivity index (χ3n) is 2.62. The van der Waals surface area contributed by atoms with Crippen molar-refractivity contribution in [1.82, 2.24) is 5.32 Å². The van der Waals surface area contributed by atoms with Gasteiger partial charge in [0.2, 0.25) is 0 Å². The van der Waals surface area contributed by atoms with E-state index in [9.17, 15) is 0 Å². The summed E-state index contributed by atoms with van der Waals surface area (Å²) in [5.41, 5.74) is 2.57. The van der Waals surface area contributed by atoms with Crippen LogP contribution in [-0.4, -0.2) is 19.2 Å². The summed E-state index contributed by atoms with van der Waals surface area (Å²) >= 11 is 0. The highest BCUT2D eigenvalue weighted by molar-refractivity contribution is 5.20. The maximum Gasteiger partial charge on any atom is 0.0721 e. The van der Waals surface area contributed by atoms with Crippen molar-refractivity contribution in [2.75, 3.05) is 13.1 Å². The molecular weight excluding hydrogens is 174 g/mol. The van der Waals surface area contributed by atoms with Crippen LogP contribution in [0.3, 0.4) is 0 Å². The minimum Gasteiger partial charge on any atom is -0.372 e. The average molecular weight is 191 g/mol. The number of ether oxygens (including phenoxy) is 1. The molecular formula is C12H17NO. The van der Waals surface area contributed by atoms with Crippen molar-refractivity contribution >= 4 is 0 Å². The normalized spacial score (nSPS) is 21.4. The lowest BCUT2D eigenvalue weighted by molar-refractivity contribution is 0.0542. The molecule has 0 amide bonds. The summed E-state index contributed by atoms with van der Waals surface area (Å²) in [6.07, 6.45) is 1.56. The average Bonchev–Trinajstić information content (AvgIpc) is 2.70. The highest BCUT2D eigenvalue weighted by Crippen LogP contribution is 2.09. The van der Waals surface area contributed by atoms with Crippen LogP contribution < -0.4 is 5.32 Å². The minimum absolute atomic E-state index is 0.413. The van der Waals surface area contributed by atoms with Crippen LogP contribution >= 0.6 is 0 Å². The van der Waals surface area contributed by atoms with Gasteiger partial charge in [-0.1, -0.05) is 29.8 Å². The zero-order valence-electron chi connectivity index (χ0n) is 8.62. The quantitative estimate of drug-likeness (QED) is 0.787. The summed E-state index contributed by atoms with van der Waals surface area (Å²) in [6, 6.07) is 8.53. The molecule has 1 aliphatic heterocycles. The highest BCUT2D eigenvalue weighted by Gasteiger charge is 2.14. The summed E-state index contributed by atoms with van der Waals surface area (Å²) in [5.74, 6) is 0. The van der Waals surface area contributed by atoms with E-state index in [0.717, 1.165) is 26.1 Å². The Morgan fingerprint density at radius 1 is 1.36 bits per heavy atom. The first kappa shape index (κ1) is 9.69. The Hall–Kier alpha value is -0.860. The molecule has 0 spiro atoms. The molecule has 1 aromatic rings. The molecule has 0 radical (unpaired) electrons. The van der Waals surface area contributed by atoms with E-state index in [0.29, 0.717) is 6.10 Å². The van der Waals surface area contributed by atoms with Crippen LogP contribution in [0.25, 0.3) is 0 Å². The second-order valence-corrected chi connectivity index (χ2v) is 3.91. The molecule has 1 fully saturated rings. The minimum atomic E-state index is 0.413. The van der Waals surface area contributed by atoms with E-state index in [4.69, 9.17) is 4.74 Å². The second kappa shape index (κ2) is 4.58. The van der Waals surface area contributed by atoms with Gasteiger partial charge in [-0.05, 0) is 25.5 Å². The molecule has 14 heavy (non-hydrogen) atoms. The van der Waals surface area contributed by atoms with E-state index in [2.05, 4.69) is 36.5 Å². The van der Waals surface area contributed by atoms with E-state index in [-0.39, 0.29) is 0 Å². The molecule has 1 N–H and O–H groups in total. The van der Waals surface area contributed by atoms with Gasteiger partial charge in [-0.15, -0.1) is 0 Å². The monoisotopic (exact) mass is 191 g/mol. The van der Waals surface area contributed by atoms with E-state index < -0.39 is 0 Å². The zero-order chi connectivity index (χ0) is 9.80. The topological polar surface area (TPSA) is 21.3 Å². The molecule has 1 aliphatic rings. The van der Waals surface area contributed by atoms with Gasteiger partial charge in [-0.3, -0.25) is 0 Å². The first-order chi connectivity index (χ1) is 6.84. The van der Waals surface area contributed by atoms with E-state index in [1.54, 1.807) is 0 Å². The van der Waals surface area contributed by atoms with Gasteiger partial charge in [0.25, 0.3) is 0 Å². The van der Waals surface area contributed by atoms with Crippen LogP contribution in [0.4, 0.5) is 0 Å². The molecule has 0 bridgehead atoms. The van der Waals surface area contributed by atoms with Gasteiger partial charge in [0.1, 0.15) is 0 Å². The Morgan fingerprint density at radius 3 is 2.79 bits per heavy atom. The Bertz CT molecular complexity index is 275. The summed E-state index contributed by atoms with van der Waals surface area (Å²) < 4.78 is 5.77. The summed E-state index contributed by atoms with van der Waals surface area (Å²) in [7, 11) is 0. The van der Waals surface area contributed by atoms with Crippen LogP contribution in [0.5, 0.6) is 0 Å². The zero-order valence-corrected chi connectivity index (χ0v) is 8.62. The molecule has 2 rings (SSSR count).